The molecular weight excluding hydrogens is 300 g/mol. The summed E-state index contributed by atoms with van der Waals surface area (Å²) in [6, 6.07) is 10.7. The molecule has 2 amide bonds. The lowest BCUT2D eigenvalue weighted by Gasteiger charge is -2.09. The molecule has 0 radical (unpaired) electrons. The van der Waals surface area contributed by atoms with Crippen molar-refractivity contribution >= 4 is 39.7 Å². The van der Waals surface area contributed by atoms with Gasteiger partial charge in [0.15, 0.2) is 0 Å². The minimum atomic E-state index is -0.513. The number of carbonyl (C=O) groups excluding carboxylic acids is 2. The van der Waals surface area contributed by atoms with Crippen LogP contribution in [0, 0.1) is 0 Å². The highest BCUT2D eigenvalue weighted by Gasteiger charge is 2.14. The maximum Gasteiger partial charge on any atom is 0.279 e. The van der Waals surface area contributed by atoms with E-state index in [2.05, 4.69) is 15.8 Å². The molecule has 7 heteroatoms. The number of nitrogens with zero attached hydrogens (tertiary/aromatic N) is 1. The molecule has 0 bridgehead atoms. The molecule has 0 saturated heterocycles. The number of aromatic nitrogens is 1. The molecule has 6 nitrogen and oxygen atoms in total. The SMILES string of the molecule is Nc1c(C(=O)NNC(=O)c2cccs2)cnc2ccccc12. The summed E-state index contributed by atoms with van der Waals surface area (Å²) in [6.45, 7) is 0. The highest BCUT2D eigenvalue weighted by atomic mass is 32.1. The molecule has 0 aliphatic carbocycles. The summed E-state index contributed by atoms with van der Waals surface area (Å²) in [5.74, 6) is -0.892. The van der Waals surface area contributed by atoms with Crippen LogP contribution in [-0.2, 0) is 0 Å². The average molecular weight is 312 g/mol. The minimum absolute atomic E-state index is 0.213. The third-order valence-electron chi connectivity index (χ3n) is 3.10. The van der Waals surface area contributed by atoms with Gasteiger partial charge in [-0.25, -0.2) is 0 Å². The summed E-state index contributed by atoms with van der Waals surface area (Å²) < 4.78 is 0. The van der Waals surface area contributed by atoms with Crippen LogP contribution < -0.4 is 16.6 Å². The number of nitrogens with two attached hydrogens (primary N) is 1. The van der Waals surface area contributed by atoms with Gasteiger partial charge in [0.05, 0.1) is 21.6 Å². The molecule has 3 rings (SSSR count). The fourth-order valence-electron chi connectivity index (χ4n) is 1.99. The van der Waals surface area contributed by atoms with Gasteiger partial charge >= 0.3 is 0 Å². The molecular formula is C15H12N4O2S. The van der Waals surface area contributed by atoms with E-state index in [9.17, 15) is 9.59 Å². The Morgan fingerprint density at radius 1 is 1.05 bits per heavy atom. The van der Waals surface area contributed by atoms with Crippen LogP contribution in [-0.4, -0.2) is 16.8 Å². The Morgan fingerprint density at radius 3 is 2.59 bits per heavy atom. The second kappa shape index (κ2) is 5.82. The van der Waals surface area contributed by atoms with E-state index < -0.39 is 5.91 Å². The molecule has 3 aromatic rings. The van der Waals surface area contributed by atoms with Crippen LogP contribution in [0.1, 0.15) is 20.0 Å². The number of amides is 2. The van der Waals surface area contributed by atoms with Crippen molar-refractivity contribution in [3.63, 3.8) is 0 Å². The van der Waals surface area contributed by atoms with Crippen molar-refractivity contribution < 1.29 is 9.59 Å². The van der Waals surface area contributed by atoms with E-state index in [0.29, 0.717) is 21.5 Å². The average Bonchev–Trinajstić information content (AvgIpc) is 3.07. The highest BCUT2D eigenvalue weighted by Crippen LogP contribution is 2.22. The number of pyridine rings is 1. The third kappa shape index (κ3) is 2.61. The standard InChI is InChI=1S/C15H12N4O2S/c16-13-9-4-1-2-5-11(9)17-8-10(13)14(20)18-19-15(21)12-6-3-7-22-12/h1-8H,(H2,16,17)(H,18,20)(H,19,21). The monoisotopic (exact) mass is 312 g/mol. The van der Waals surface area contributed by atoms with Crippen molar-refractivity contribution in [2.75, 3.05) is 5.73 Å². The van der Waals surface area contributed by atoms with Crippen LogP contribution in [0.15, 0.2) is 48.0 Å². The number of fused-ring (bicyclic) bond motifs is 1. The first-order valence-electron chi connectivity index (χ1n) is 6.44. The van der Waals surface area contributed by atoms with Crippen LogP contribution in [0.5, 0.6) is 0 Å². The van der Waals surface area contributed by atoms with Gasteiger partial charge < -0.3 is 5.73 Å². The molecule has 4 N–H and O–H groups in total. The highest BCUT2D eigenvalue weighted by molar-refractivity contribution is 7.12. The van der Waals surface area contributed by atoms with Gasteiger partial charge in [0.25, 0.3) is 11.8 Å². The van der Waals surface area contributed by atoms with Gasteiger partial charge in [0, 0.05) is 11.6 Å². The molecule has 0 saturated carbocycles. The van der Waals surface area contributed by atoms with Crippen LogP contribution in [0.25, 0.3) is 10.9 Å². The number of nitrogens with one attached hydrogen (secondary N) is 2. The predicted molar refractivity (Wildman–Crippen MR) is 85.4 cm³/mol. The maximum atomic E-state index is 12.1. The van der Waals surface area contributed by atoms with Gasteiger partial charge in [-0.1, -0.05) is 24.3 Å². The number of benzene rings is 1. The van der Waals surface area contributed by atoms with Crippen molar-refractivity contribution in [3.05, 3.63) is 58.4 Å². The van der Waals surface area contributed by atoms with Crippen molar-refractivity contribution in [2.24, 2.45) is 0 Å². The van der Waals surface area contributed by atoms with Gasteiger partial charge in [-0.05, 0) is 17.5 Å². The normalized spacial score (nSPS) is 10.4. The number of para-hydroxylation sites is 1. The second-order valence-corrected chi connectivity index (χ2v) is 5.44. The molecule has 22 heavy (non-hydrogen) atoms. The van der Waals surface area contributed by atoms with E-state index in [1.807, 2.05) is 18.2 Å². The Labute approximate surface area is 129 Å². The smallest absolute Gasteiger partial charge is 0.279 e. The number of rotatable bonds is 2. The van der Waals surface area contributed by atoms with Crippen LogP contribution >= 0.6 is 11.3 Å². The number of hydrogen-bond donors (Lipinski definition) is 3. The number of nitrogen functional groups attached to an aromatic ring is 1. The first-order valence-corrected chi connectivity index (χ1v) is 7.32. The first-order chi connectivity index (χ1) is 10.7. The van der Waals surface area contributed by atoms with Gasteiger partial charge in [0.2, 0.25) is 0 Å². The van der Waals surface area contributed by atoms with E-state index in [4.69, 9.17) is 5.73 Å². The fourth-order valence-corrected chi connectivity index (χ4v) is 2.61. The summed E-state index contributed by atoms with van der Waals surface area (Å²) in [5.41, 5.74) is 11.9. The van der Waals surface area contributed by atoms with Crippen LogP contribution in [0.3, 0.4) is 0 Å². The first kappa shape index (κ1) is 14.0. The minimum Gasteiger partial charge on any atom is -0.397 e. The lowest BCUT2D eigenvalue weighted by atomic mass is 10.1. The molecule has 2 aromatic heterocycles. The lowest BCUT2D eigenvalue weighted by Crippen LogP contribution is -2.41. The molecule has 0 spiro atoms. The maximum absolute atomic E-state index is 12.1. The zero-order chi connectivity index (χ0) is 15.5. The van der Waals surface area contributed by atoms with Crippen molar-refractivity contribution in [1.82, 2.24) is 15.8 Å². The summed E-state index contributed by atoms with van der Waals surface area (Å²) in [6.07, 6.45) is 1.39. The van der Waals surface area contributed by atoms with Crippen molar-refractivity contribution in [2.45, 2.75) is 0 Å². The Hall–Kier alpha value is -2.93. The number of anilines is 1. The van der Waals surface area contributed by atoms with E-state index in [1.54, 1.807) is 23.6 Å². The quantitative estimate of drug-likeness (QED) is 0.630. The van der Waals surface area contributed by atoms with Gasteiger partial charge in [-0.15, -0.1) is 11.3 Å². The van der Waals surface area contributed by atoms with Crippen LogP contribution in [0.2, 0.25) is 0 Å². The third-order valence-corrected chi connectivity index (χ3v) is 3.96. The van der Waals surface area contributed by atoms with Crippen molar-refractivity contribution in [3.8, 4) is 0 Å². The summed E-state index contributed by atoms with van der Waals surface area (Å²) in [4.78, 5) is 28.6. The van der Waals surface area contributed by atoms with Gasteiger partial charge in [0.1, 0.15) is 0 Å². The Kier molecular flexibility index (Phi) is 3.71. The molecule has 110 valence electrons. The van der Waals surface area contributed by atoms with E-state index in [1.165, 1.54) is 17.5 Å². The van der Waals surface area contributed by atoms with E-state index in [-0.39, 0.29) is 11.5 Å². The van der Waals surface area contributed by atoms with Crippen molar-refractivity contribution in [1.29, 1.82) is 0 Å². The molecule has 2 heterocycles. The molecule has 0 fully saturated rings. The topological polar surface area (TPSA) is 97.1 Å². The predicted octanol–water partition coefficient (Wildman–Crippen LogP) is 1.95. The fraction of sp³-hybridized carbons (Fsp3) is 0. The summed E-state index contributed by atoms with van der Waals surface area (Å²) in [7, 11) is 0. The Bertz CT molecular complexity index is 846. The number of hydrogen-bond acceptors (Lipinski definition) is 5. The number of thiophene rings is 1. The second-order valence-electron chi connectivity index (χ2n) is 4.49. The molecule has 1 aromatic carbocycles. The molecule has 0 aliphatic heterocycles. The molecule has 0 aliphatic rings. The molecule has 0 unspecified atom stereocenters. The molecule has 0 atom stereocenters. The Balaban J connectivity index is 1.78. The number of carbonyl (C=O) groups is 2. The van der Waals surface area contributed by atoms with Crippen LogP contribution in [0.4, 0.5) is 5.69 Å². The lowest BCUT2D eigenvalue weighted by molar-refractivity contribution is 0.0849. The van der Waals surface area contributed by atoms with E-state index in [0.717, 1.165) is 0 Å². The number of hydrazine groups is 1. The summed E-state index contributed by atoms with van der Waals surface area (Å²) >= 11 is 1.28. The zero-order valence-electron chi connectivity index (χ0n) is 11.4. The summed E-state index contributed by atoms with van der Waals surface area (Å²) in [5, 5.41) is 2.47. The van der Waals surface area contributed by atoms with Gasteiger partial charge in [-0.3, -0.25) is 25.4 Å². The Morgan fingerprint density at radius 2 is 1.82 bits per heavy atom. The van der Waals surface area contributed by atoms with Gasteiger partial charge in [-0.2, -0.15) is 0 Å². The van der Waals surface area contributed by atoms with E-state index >= 15 is 0 Å². The largest absolute Gasteiger partial charge is 0.397 e. The zero-order valence-corrected chi connectivity index (χ0v) is 12.2.